The Labute approximate surface area is 225 Å². The van der Waals surface area contributed by atoms with Gasteiger partial charge in [0.05, 0.1) is 6.61 Å². The number of hydrogen-bond donors (Lipinski definition) is 3. The maximum Gasteiger partial charge on any atom is 0.413 e. The van der Waals surface area contributed by atoms with Crippen molar-refractivity contribution in [3.8, 4) is 0 Å². The fraction of sp³-hybridized carbons (Fsp3) is 0.455. The number of carbonyl (C=O) groups is 6. The van der Waals surface area contributed by atoms with Crippen molar-refractivity contribution < 1.29 is 48.1 Å². The van der Waals surface area contributed by atoms with Crippen LogP contribution in [0.1, 0.15) is 69.4 Å². The zero-order valence-electron chi connectivity index (χ0n) is 21.7. The van der Waals surface area contributed by atoms with Crippen LogP contribution in [0.5, 0.6) is 0 Å². The number of nitrogens with one attached hydrogen (secondary N) is 2. The van der Waals surface area contributed by atoms with E-state index in [1.165, 1.54) is 10.8 Å². The van der Waals surface area contributed by atoms with Crippen molar-refractivity contribution >= 4 is 68.6 Å². The minimum absolute atomic E-state index is 0.0699. The highest BCUT2D eigenvalue weighted by Crippen LogP contribution is 2.19. The van der Waals surface area contributed by atoms with E-state index in [-0.39, 0.29) is 28.3 Å². The average molecular weight is 573 g/mol. The van der Waals surface area contributed by atoms with Crippen LogP contribution in [0, 0.1) is 0 Å². The van der Waals surface area contributed by atoms with Gasteiger partial charge in [0, 0.05) is 10.8 Å². The molecule has 0 aliphatic carbocycles. The molecule has 0 spiro atoms. The zero-order valence-corrected chi connectivity index (χ0v) is 23.3. The van der Waals surface area contributed by atoms with Crippen LogP contribution >= 0.6 is 22.7 Å². The highest BCUT2D eigenvalue weighted by atomic mass is 32.1. The molecule has 2 rings (SSSR count). The third kappa shape index (κ3) is 11.9. The molecule has 2 aromatic heterocycles. The van der Waals surface area contributed by atoms with Crippen molar-refractivity contribution in [1.82, 2.24) is 9.97 Å². The quantitative estimate of drug-likeness (QED) is 0.187. The van der Waals surface area contributed by atoms with E-state index in [2.05, 4.69) is 25.3 Å². The van der Waals surface area contributed by atoms with E-state index in [1.54, 1.807) is 48.5 Å². The van der Waals surface area contributed by atoms with Crippen LogP contribution in [0.15, 0.2) is 10.8 Å². The summed E-state index contributed by atoms with van der Waals surface area (Å²) in [7, 11) is 0. The molecule has 38 heavy (non-hydrogen) atoms. The molecular weight excluding hydrogens is 544 g/mol. The third-order valence-electron chi connectivity index (χ3n) is 3.34. The van der Waals surface area contributed by atoms with Crippen molar-refractivity contribution in [1.29, 1.82) is 0 Å². The fourth-order valence-corrected chi connectivity index (χ4v) is 3.42. The number of ketones is 2. The lowest BCUT2D eigenvalue weighted by atomic mass is 10.2. The van der Waals surface area contributed by atoms with Gasteiger partial charge in [-0.1, -0.05) is 0 Å². The maximum atomic E-state index is 11.6. The summed E-state index contributed by atoms with van der Waals surface area (Å²) in [5.41, 5.74) is -1.58. The summed E-state index contributed by atoms with van der Waals surface area (Å²) in [6.45, 7) is 12.0. The first-order chi connectivity index (χ1) is 17.4. The van der Waals surface area contributed by atoms with Crippen molar-refractivity contribution in [2.45, 2.75) is 59.7 Å². The lowest BCUT2D eigenvalue weighted by Gasteiger charge is -2.18. The Morgan fingerprint density at radius 1 is 0.789 bits per heavy atom. The van der Waals surface area contributed by atoms with Crippen molar-refractivity contribution in [2.24, 2.45) is 0 Å². The summed E-state index contributed by atoms with van der Waals surface area (Å²) in [5, 5.41) is 16.1. The Balaban J connectivity index is 0.000000382. The Morgan fingerprint density at radius 2 is 1.18 bits per heavy atom. The molecule has 0 fully saturated rings. The first-order valence-electron chi connectivity index (χ1n) is 10.8. The smallest absolute Gasteiger partial charge is 0.413 e. The number of anilines is 2. The van der Waals surface area contributed by atoms with E-state index in [4.69, 9.17) is 14.6 Å². The van der Waals surface area contributed by atoms with E-state index in [9.17, 15) is 28.8 Å². The van der Waals surface area contributed by atoms with Crippen LogP contribution in [0.25, 0.3) is 0 Å². The molecule has 0 saturated carbocycles. The SMILES string of the molecule is CC(C)(C)OC(=O)Nc1nc(C(=O)C(=O)O)cs1.CCOC(=O)C(=O)c1csc(NC(=O)OC(C)(C)C)n1. The van der Waals surface area contributed by atoms with Gasteiger partial charge in [-0.25, -0.2) is 29.1 Å². The second-order valence-electron chi connectivity index (χ2n) is 9.01. The number of rotatable bonds is 7. The maximum absolute atomic E-state index is 11.6. The molecule has 2 amide bonds. The first-order valence-corrected chi connectivity index (χ1v) is 12.6. The Morgan fingerprint density at radius 3 is 1.53 bits per heavy atom. The van der Waals surface area contributed by atoms with Gasteiger partial charge in [0.15, 0.2) is 10.3 Å². The summed E-state index contributed by atoms with van der Waals surface area (Å²) >= 11 is 1.96. The third-order valence-corrected chi connectivity index (χ3v) is 4.86. The number of carboxylic acid groups (broad SMARTS) is 1. The number of hydrogen-bond acceptors (Lipinski definition) is 13. The predicted molar refractivity (Wildman–Crippen MR) is 137 cm³/mol. The number of aromatic nitrogens is 2. The molecule has 3 N–H and O–H groups in total. The lowest BCUT2D eigenvalue weighted by Crippen LogP contribution is -2.27. The molecule has 0 bridgehead atoms. The number of aliphatic carboxylic acids is 1. The van der Waals surface area contributed by atoms with E-state index in [0.717, 1.165) is 22.7 Å². The summed E-state index contributed by atoms with van der Waals surface area (Å²) in [4.78, 5) is 74.7. The highest BCUT2D eigenvalue weighted by Gasteiger charge is 2.23. The monoisotopic (exact) mass is 572 g/mol. The largest absolute Gasteiger partial charge is 0.475 e. The summed E-state index contributed by atoms with van der Waals surface area (Å²) < 4.78 is 14.6. The second-order valence-corrected chi connectivity index (χ2v) is 10.7. The molecule has 0 unspecified atom stereocenters. The molecule has 2 heterocycles. The zero-order chi connectivity index (χ0) is 29.3. The van der Waals surface area contributed by atoms with Crippen LogP contribution < -0.4 is 10.6 Å². The minimum Gasteiger partial charge on any atom is -0.475 e. The van der Waals surface area contributed by atoms with Crippen LogP contribution in [-0.2, 0) is 23.8 Å². The summed E-state index contributed by atoms with van der Waals surface area (Å²) in [5.74, 6) is -4.53. The van der Waals surface area contributed by atoms with Gasteiger partial charge in [0.2, 0.25) is 0 Å². The number of carboxylic acids is 1. The number of carbonyl (C=O) groups excluding carboxylic acids is 5. The van der Waals surface area contributed by atoms with Gasteiger partial charge in [0.25, 0.3) is 11.6 Å². The normalized spacial score (nSPS) is 10.8. The number of nitrogens with zero attached hydrogens (tertiary/aromatic N) is 2. The van der Waals surface area contributed by atoms with Crippen LogP contribution in [0.4, 0.5) is 19.9 Å². The Kier molecular flexibility index (Phi) is 11.5. The Hall–Kier alpha value is -3.92. The van der Waals surface area contributed by atoms with Crippen LogP contribution in [0.2, 0.25) is 0 Å². The van der Waals surface area contributed by atoms with Gasteiger partial charge < -0.3 is 19.3 Å². The number of ether oxygens (including phenoxy) is 3. The molecule has 208 valence electrons. The molecule has 0 aliphatic heterocycles. The Bertz CT molecular complexity index is 1190. The molecule has 0 saturated heterocycles. The molecule has 16 heteroatoms. The lowest BCUT2D eigenvalue weighted by molar-refractivity contribution is -0.137. The fourth-order valence-electron chi connectivity index (χ4n) is 2.06. The average Bonchev–Trinajstić information content (AvgIpc) is 3.40. The highest BCUT2D eigenvalue weighted by molar-refractivity contribution is 7.14. The van der Waals surface area contributed by atoms with E-state index in [0.29, 0.717) is 0 Å². The number of thiazole rings is 2. The topological polar surface area (TPSA) is 200 Å². The second kappa shape index (κ2) is 13.6. The van der Waals surface area contributed by atoms with Crippen molar-refractivity contribution in [2.75, 3.05) is 17.2 Å². The van der Waals surface area contributed by atoms with Crippen molar-refractivity contribution in [3.63, 3.8) is 0 Å². The van der Waals surface area contributed by atoms with Crippen LogP contribution in [-0.4, -0.2) is 68.6 Å². The predicted octanol–water partition coefficient (Wildman–Crippen LogP) is 3.99. The number of Topliss-reactive ketones (excluding diaryl/α,β-unsaturated/α-hetero) is 2. The molecule has 2 aromatic rings. The van der Waals surface area contributed by atoms with Gasteiger partial charge in [0.1, 0.15) is 22.6 Å². The van der Waals surface area contributed by atoms with Gasteiger partial charge in [-0.3, -0.25) is 20.2 Å². The molecule has 14 nitrogen and oxygen atoms in total. The van der Waals surface area contributed by atoms with E-state index < -0.39 is 46.9 Å². The number of amides is 2. The van der Waals surface area contributed by atoms with Gasteiger partial charge in [-0.05, 0) is 48.5 Å². The first kappa shape index (κ1) is 32.1. The van der Waals surface area contributed by atoms with Crippen molar-refractivity contribution in [3.05, 3.63) is 22.1 Å². The molecular formula is C22H28N4O10S2. The summed E-state index contributed by atoms with van der Waals surface area (Å²) in [6.07, 6.45) is -1.40. The molecule has 0 aromatic carbocycles. The molecule has 0 radical (unpaired) electrons. The van der Waals surface area contributed by atoms with E-state index in [1.807, 2.05) is 0 Å². The van der Waals surface area contributed by atoms with Gasteiger partial charge >= 0.3 is 24.1 Å². The van der Waals surface area contributed by atoms with Gasteiger partial charge in [-0.15, -0.1) is 22.7 Å². The van der Waals surface area contributed by atoms with E-state index >= 15 is 0 Å². The van der Waals surface area contributed by atoms with Gasteiger partial charge in [-0.2, -0.15) is 0 Å². The minimum atomic E-state index is -1.59. The number of esters is 1. The standard InChI is InChI=1S/C12H16N2O5S.C10H12N2O5S/c1-5-18-9(16)8(15)7-6-20-10(13-7)14-11(17)19-12(2,3)4;1-10(2,3)17-9(16)12-8-11-5(4-18-8)6(13)7(14)15/h6H,5H2,1-4H3,(H,13,14,17);4H,1-3H3,(H,14,15)(H,11,12,16). The molecule has 0 aliphatic rings. The van der Waals surface area contributed by atoms with Crippen LogP contribution in [0.3, 0.4) is 0 Å². The summed E-state index contributed by atoms with van der Waals surface area (Å²) in [6, 6.07) is 0. The molecule has 0 atom stereocenters.